The molecular weight excluding hydrogens is 274 g/mol. The van der Waals surface area contributed by atoms with Gasteiger partial charge in [-0.1, -0.05) is 24.3 Å². The van der Waals surface area contributed by atoms with Gasteiger partial charge in [0.25, 0.3) is 0 Å². The van der Waals surface area contributed by atoms with Crippen LogP contribution in [0.3, 0.4) is 0 Å². The third-order valence-corrected chi connectivity index (χ3v) is 3.80. The summed E-state index contributed by atoms with van der Waals surface area (Å²) in [6.45, 7) is 2.87. The molecule has 0 saturated carbocycles. The standard InChI is InChI=1S/C19H25NO2/c1-15-8-5-6-10-16(15)9-4-3-7-13-22-18-12-11-17(20)14-19(18)21-2/h5-6,8,10-12,14H,3-4,7,9,13,20H2,1-2H3. The van der Waals surface area contributed by atoms with Crippen molar-refractivity contribution in [3.63, 3.8) is 0 Å². The van der Waals surface area contributed by atoms with Crippen LogP contribution in [0, 0.1) is 6.92 Å². The maximum absolute atomic E-state index is 5.78. The van der Waals surface area contributed by atoms with E-state index in [1.807, 2.05) is 12.1 Å². The number of unbranched alkanes of at least 4 members (excludes halogenated alkanes) is 2. The molecular formula is C19H25NO2. The normalized spacial score (nSPS) is 10.5. The predicted octanol–water partition coefficient (Wildman–Crippen LogP) is 4.38. The van der Waals surface area contributed by atoms with E-state index in [1.165, 1.54) is 17.5 Å². The lowest BCUT2D eigenvalue weighted by Gasteiger charge is -2.11. The third kappa shape index (κ3) is 4.69. The molecule has 0 atom stereocenters. The fourth-order valence-corrected chi connectivity index (χ4v) is 2.47. The average molecular weight is 299 g/mol. The summed E-state index contributed by atoms with van der Waals surface area (Å²) in [4.78, 5) is 0. The molecule has 0 aliphatic carbocycles. The number of nitrogen functional groups attached to an aromatic ring is 1. The van der Waals surface area contributed by atoms with Crippen molar-refractivity contribution in [2.45, 2.75) is 32.6 Å². The van der Waals surface area contributed by atoms with Crippen LogP contribution in [0.15, 0.2) is 42.5 Å². The van der Waals surface area contributed by atoms with Crippen molar-refractivity contribution in [1.29, 1.82) is 0 Å². The highest BCUT2D eigenvalue weighted by atomic mass is 16.5. The van der Waals surface area contributed by atoms with Gasteiger partial charge in [-0.3, -0.25) is 0 Å². The molecule has 2 aromatic carbocycles. The second-order valence-corrected chi connectivity index (χ2v) is 5.50. The van der Waals surface area contributed by atoms with Crippen molar-refractivity contribution in [1.82, 2.24) is 0 Å². The SMILES string of the molecule is COc1cc(N)ccc1OCCCCCc1ccccc1C. The van der Waals surface area contributed by atoms with Crippen molar-refractivity contribution < 1.29 is 9.47 Å². The monoisotopic (exact) mass is 299 g/mol. The van der Waals surface area contributed by atoms with Gasteiger partial charge in [-0.25, -0.2) is 0 Å². The summed E-state index contributed by atoms with van der Waals surface area (Å²) in [6, 6.07) is 14.1. The lowest BCUT2D eigenvalue weighted by molar-refractivity contribution is 0.285. The van der Waals surface area contributed by atoms with E-state index in [1.54, 1.807) is 13.2 Å². The molecule has 2 N–H and O–H groups in total. The minimum absolute atomic E-state index is 0.683. The Hall–Kier alpha value is -2.16. The molecule has 0 spiro atoms. The largest absolute Gasteiger partial charge is 0.493 e. The summed E-state index contributed by atoms with van der Waals surface area (Å²) in [5, 5.41) is 0. The number of hydrogen-bond donors (Lipinski definition) is 1. The second kappa shape index (κ2) is 8.32. The molecule has 0 aliphatic rings. The van der Waals surface area contributed by atoms with Gasteiger partial charge in [-0.2, -0.15) is 0 Å². The van der Waals surface area contributed by atoms with Crippen molar-refractivity contribution in [3.05, 3.63) is 53.6 Å². The number of methoxy groups -OCH3 is 1. The minimum atomic E-state index is 0.683. The Kier molecular flexibility index (Phi) is 6.13. The molecule has 0 unspecified atom stereocenters. The van der Waals surface area contributed by atoms with Gasteiger partial charge in [-0.15, -0.1) is 0 Å². The molecule has 3 heteroatoms. The number of rotatable bonds is 8. The molecule has 0 radical (unpaired) electrons. The van der Waals surface area contributed by atoms with Crippen molar-refractivity contribution >= 4 is 5.69 Å². The van der Waals surface area contributed by atoms with Crippen LogP contribution in [0.5, 0.6) is 11.5 Å². The predicted molar refractivity (Wildman–Crippen MR) is 91.6 cm³/mol. The van der Waals surface area contributed by atoms with E-state index in [0.717, 1.165) is 25.0 Å². The van der Waals surface area contributed by atoms with Gasteiger partial charge < -0.3 is 15.2 Å². The summed E-state index contributed by atoms with van der Waals surface area (Å²) in [5.41, 5.74) is 9.24. The molecule has 22 heavy (non-hydrogen) atoms. The maximum Gasteiger partial charge on any atom is 0.162 e. The zero-order valence-corrected chi connectivity index (χ0v) is 13.5. The Morgan fingerprint density at radius 1 is 0.955 bits per heavy atom. The van der Waals surface area contributed by atoms with Crippen molar-refractivity contribution in [2.24, 2.45) is 0 Å². The zero-order valence-electron chi connectivity index (χ0n) is 13.5. The summed E-state index contributed by atoms with van der Waals surface area (Å²) in [6.07, 6.45) is 4.52. The van der Waals surface area contributed by atoms with E-state index in [0.29, 0.717) is 18.0 Å². The molecule has 0 aliphatic heterocycles. The Bertz CT molecular complexity index is 596. The fourth-order valence-electron chi connectivity index (χ4n) is 2.47. The molecule has 0 bridgehead atoms. The van der Waals surface area contributed by atoms with Gasteiger partial charge in [0.15, 0.2) is 11.5 Å². The maximum atomic E-state index is 5.78. The van der Waals surface area contributed by atoms with E-state index in [-0.39, 0.29) is 0 Å². The highest BCUT2D eigenvalue weighted by Crippen LogP contribution is 2.29. The van der Waals surface area contributed by atoms with Gasteiger partial charge >= 0.3 is 0 Å². The van der Waals surface area contributed by atoms with Crippen molar-refractivity contribution in [3.8, 4) is 11.5 Å². The van der Waals surface area contributed by atoms with Crippen LogP contribution in [0.2, 0.25) is 0 Å². The number of nitrogens with two attached hydrogens (primary N) is 1. The van der Waals surface area contributed by atoms with Gasteiger partial charge in [-0.05, 0) is 55.9 Å². The van der Waals surface area contributed by atoms with Gasteiger partial charge in [0.05, 0.1) is 13.7 Å². The first-order valence-corrected chi connectivity index (χ1v) is 7.81. The van der Waals surface area contributed by atoms with Crippen LogP contribution < -0.4 is 15.2 Å². The molecule has 0 fully saturated rings. The number of aryl methyl sites for hydroxylation is 2. The minimum Gasteiger partial charge on any atom is -0.493 e. The Balaban J connectivity index is 1.69. The summed E-state index contributed by atoms with van der Waals surface area (Å²) in [5.74, 6) is 1.45. The van der Waals surface area contributed by atoms with Gasteiger partial charge in [0.1, 0.15) is 0 Å². The van der Waals surface area contributed by atoms with Gasteiger partial charge in [0, 0.05) is 11.8 Å². The fraction of sp³-hybridized carbons (Fsp3) is 0.368. The molecule has 0 amide bonds. The first-order chi connectivity index (χ1) is 10.7. The first kappa shape index (κ1) is 16.2. The lowest BCUT2D eigenvalue weighted by Crippen LogP contribution is -2.00. The second-order valence-electron chi connectivity index (χ2n) is 5.50. The van der Waals surface area contributed by atoms with Crippen LogP contribution in [-0.4, -0.2) is 13.7 Å². The molecule has 2 aromatic rings. The Morgan fingerprint density at radius 2 is 1.77 bits per heavy atom. The summed E-state index contributed by atoms with van der Waals surface area (Å²) >= 11 is 0. The molecule has 118 valence electrons. The van der Waals surface area contributed by atoms with E-state index < -0.39 is 0 Å². The van der Waals surface area contributed by atoms with Crippen LogP contribution in [0.4, 0.5) is 5.69 Å². The molecule has 0 heterocycles. The quantitative estimate of drug-likeness (QED) is 0.581. The average Bonchev–Trinajstić information content (AvgIpc) is 2.53. The van der Waals surface area contributed by atoms with Gasteiger partial charge in [0.2, 0.25) is 0 Å². The number of benzene rings is 2. The highest BCUT2D eigenvalue weighted by molar-refractivity contribution is 5.51. The molecule has 2 rings (SSSR count). The third-order valence-electron chi connectivity index (χ3n) is 3.80. The van der Waals surface area contributed by atoms with Crippen LogP contribution in [0.25, 0.3) is 0 Å². The van der Waals surface area contributed by atoms with Crippen molar-refractivity contribution in [2.75, 3.05) is 19.5 Å². The number of ether oxygens (including phenoxy) is 2. The zero-order chi connectivity index (χ0) is 15.8. The van der Waals surface area contributed by atoms with Crippen LogP contribution in [0.1, 0.15) is 30.4 Å². The van der Waals surface area contributed by atoms with Crippen LogP contribution in [-0.2, 0) is 6.42 Å². The topological polar surface area (TPSA) is 44.5 Å². The molecule has 3 nitrogen and oxygen atoms in total. The first-order valence-electron chi connectivity index (χ1n) is 7.81. The Labute approximate surface area is 133 Å². The lowest BCUT2D eigenvalue weighted by atomic mass is 10.0. The Morgan fingerprint density at radius 3 is 2.55 bits per heavy atom. The number of anilines is 1. The highest BCUT2D eigenvalue weighted by Gasteiger charge is 2.04. The molecule has 0 saturated heterocycles. The number of hydrogen-bond acceptors (Lipinski definition) is 3. The summed E-state index contributed by atoms with van der Waals surface area (Å²) in [7, 11) is 1.63. The summed E-state index contributed by atoms with van der Waals surface area (Å²) < 4.78 is 11.0. The van der Waals surface area contributed by atoms with E-state index >= 15 is 0 Å². The molecule has 0 aromatic heterocycles. The van der Waals surface area contributed by atoms with E-state index in [4.69, 9.17) is 15.2 Å². The van der Waals surface area contributed by atoms with Crippen LogP contribution >= 0.6 is 0 Å². The smallest absolute Gasteiger partial charge is 0.162 e. The van der Waals surface area contributed by atoms with E-state index in [2.05, 4.69) is 31.2 Å². The van der Waals surface area contributed by atoms with E-state index in [9.17, 15) is 0 Å².